The number of esters is 1. The van der Waals surface area contributed by atoms with E-state index in [2.05, 4.69) is 18.1 Å². The van der Waals surface area contributed by atoms with Crippen LogP contribution in [0.3, 0.4) is 0 Å². The summed E-state index contributed by atoms with van der Waals surface area (Å²) in [5.74, 6) is -0.111. The number of cyclic esters (lactones) is 1. The van der Waals surface area contributed by atoms with Crippen LogP contribution < -0.4 is 0 Å². The zero-order valence-corrected chi connectivity index (χ0v) is 27.3. The molecule has 2 aliphatic heterocycles. The second kappa shape index (κ2) is 12.0. The van der Waals surface area contributed by atoms with Crippen molar-refractivity contribution in [2.45, 2.75) is 127 Å². The Bertz CT molecular complexity index is 1360. The number of hydrogen-bond donors (Lipinski definition) is 3. The maximum absolute atomic E-state index is 12.8. The van der Waals surface area contributed by atoms with E-state index in [0.29, 0.717) is 45.3 Å². The van der Waals surface area contributed by atoms with Gasteiger partial charge in [0.15, 0.2) is 6.29 Å². The number of ether oxygens (including phenoxy) is 4. The highest BCUT2D eigenvalue weighted by atomic mass is 16.7. The number of carbonyl (C=O) groups is 1. The third-order valence-electron chi connectivity index (χ3n) is 13.3. The largest absolute Gasteiger partial charge is 0.458 e. The number of hydrogen-bond acceptors (Lipinski definition) is 10. The van der Waals surface area contributed by atoms with E-state index in [9.17, 15) is 20.1 Å². The summed E-state index contributed by atoms with van der Waals surface area (Å²) < 4.78 is 23.4. The maximum Gasteiger partial charge on any atom is 0.331 e. The summed E-state index contributed by atoms with van der Waals surface area (Å²) in [5, 5.41) is 36.0. The van der Waals surface area contributed by atoms with Gasteiger partial charge in [-0.3, -0.25) is 9.98 Å². The zero-order chi connectivity index (χ0) is 32.3. The Kier molecular flexibility index (Phi) is 8.46. The molecule has 6 aliphatic rings. The Labute approximate surface area is 271 Å². The first-order valence-electron chi connectivity index (χ1n) is 17.3. The topological polar surface area (TPSA) is 140 Å². The van der Waals surface area contributed by atoms with Gasteiger partial charge in [-0.2, -0.15) is 0 Å². The molecule has 4 saturated carbocycles. The Hall–Kier alpha value is -2.21. The van der Waals surface area contributed by atoms with Crippen molar-refractivity contribution < 1.29 is 39.1 Å². The molecular weight excluding hydrogens is 588 g/mol. The second-order valence-electron chi connectivity index (χ2n) is 15.2. The zero-order valence-electron chi connectivity index (χ0n) is 27.3. The van der Waals surface area contributed by atoms with Gasteiger partial charge in [0.2, 0.25) is 0 Å². The second-order valence-corrected chi connectivity index (χ2v) is 15.2. The van der Waals surface area contributed by atoms with Crippen molar-refractivity contribution in [2.75, 3.05) is 13.7 Å². The lowest BCUT2D eigenvalue weighted by atomic mass is 9.41. The minimum absolute atomic E-state index is 0.00599. The molecule has 3 N–H and O–H groups in total. The van der Waals surface area contributed by atoms with Crippen molar-refractivity contribution in [3.8, 4) is 0 Å². The van der Waals surface area contributed by atoms with Gasteiger partial charge in [-0.15, -0.1) is 0 Å². The van der Waals surface area contributed by atoms with Gasteiger partial charge in [-0.05, 0) is 99.3 Å². The molecule has 12 atom stereocenters. The predicted molar refractivity (Wildman–Crippen MR) is 169 cm³/mol. The number of methoxy groups -OCH3 is 1. The summed E-state index contributed by atoms with van der Waals surface area (Å²) in [6, 6.07) is 3.93. The third kappa shape index (κ3) is 5.10. The van der Waals surface area contributed by atoms with Crippen LogP contribution in [0.2, 0.25) is 0 Å². The molecule has 10 heteroatoms. The Morgan fingerprint density at radius 2 is 1.87 bits per heavy atom. The number of nitrogens with zero attached hydrogens (tertiary/aromatic N) is 2. The van der Waals surface area contributed by atoms with Crippen molar-refractivity contribution in [1.82, 2.24) is 4.98 Å². The Morgan fingerprint density at radius 3 is 2.61 bits per heavy atom. The van der Waals surface area contributed by atoms with E-state index < -0.39 is 35.1 Å². The number of pyridine rings is 1. The molecule has 0 radical (unpaired) electrons. The van der Waals surface area contributed by atoms with Gasteiger partial charge in [0.25, 0.3) is 0 Å². The van der Waals surface area contributed by atoms with Crippen LogP contribution in [-0.2, 0) is 30.3 Å². The molecule has 7 rings (SSSR count). The number of aromatic nitrogens is 1. The number of carbonyl (C=O) groups excluding carboxylic acids is 1. The number of rotatable bonds is 7. The smallest absolute Gasteiger partial charge is 0.331 e. The monoisotopic (exact) mass is 638 g/mol. The lowest BCUT2D eigenvalue weighted by Crippen LogP contribution is -2.69. The molecule has 3 heterocycles. The number of aliphatic imine (C=N–C) groups is 1. The first-order chi connectivity index (χ1) is 22.0. The normalized spacial score (nSPS) is 47.2. The van der Waals surface area contributed by atoms with Crippen molar-refractivity contribution in [1.29, 1.82) is 0 Å². The molecule has 252 valence electrons. The molecule has 0 unspecified atom stereocenters. The quantitative estimate of drug-likeness (QED) is 0.231. The van der Waals surface area contributed by atoms with E-state index in [1.54, 1.807) is 25.6 Å². The number of fused-ring (bicyclic) bond motifs is 5. The lowest BCUT2D eigenvalue weighted by Gasteiger charge is -2.66. The first kappa shape index (κ1) is 32.3. The van der Waals surface area contributed by atoms with Crippen molar-refractivity contribution >= 4 is 12.2 Å². The SMILES string of the molecule is CO[C@H]1C[C@H](O[C@@H]2CC[C@]3(C=NCc4ccncc4)[C@H]4CC[C@]5(C)[C@H](C6=CC(=O)OC6)CC[C@]5(O)[C@@H]4CC[C@]3(O)C2)O[C@H](C)[C@H]1O. The van der Waals surface area contributed by atoms with Gasteiger partial charge in [-0.25, -0.2) is 4.79 Å². The summed E-state index contributed by atoms with van der Waals surface area (Å²) in [4.78, 5) is 21.1. The van der Waals surface area contributed by atoms with Crippen LogP contribution in [0.4, 0.5) is 0 Å². The lowest BCUT2D eigenvalue weighted by molar-refractivity contribution is -0.284. The van der Waals surface area contributed by atoms with Crippen LogP contribution in [-0.4, -0.2) is 88.1 Å². The fourth-order valence-electron chi connectivity index (χ4n) is 10.8. The van der Waals surface area contributed by atoms with E-state index in [-0.39, 0.29) is 41.3 Å². The van der Waals surface area contributed by atoms with Gasteiger partial charge in [0.05, 0.1) is 36.1 Å². The van der Waals surface area contributed by atoms with Crippen LogP contribution in [0.1, 0.15) is 83.6 Å². The molecular formula is C36H50N2O8. The molecule has 0 bridgehead atoms. The highest BCUT2D eigenvalue weighted by Gasteiger charge is 2.71. The van der Waals surface area contributed by atoms with Crippen LogP contribution >= 0.6 is 0 Å². The van der Waals surface area contributed by atoms with E-state index in [1.165, 1.54) is 0 Å². The molecule has 4 aliphatic carbocycles. The van der Waals surface area contributed by atoms with Crippen molar-refractivity contribution in [3.63, 3.8) is 0 Å². The number of aliphatic hydroxyl groups is 3. The summed E-state index contributed by atoms with van der Waals surface area (Å²) >= 11 is 0. The minimum Gasteiger partial charge on any atom is -0.458 e. The molecule has 5 fully saturated rings. The average molecular weight is 639 g/mol. The molecule has 0 spiro atoms. The van der Waals surface area contributed by atoms with Crippen LogP contribution in [0, 0.1) is 28.6 Å². The fraction of sp³-hybridized carbons (Fsp3) is 0.750. The van der Waals surface area contributed by atoms with Crippen LogP contribution in [0.5, 0.6) is 0 Å². The Balaban J connectivity index is 1.17. The highest BCUT2D eigenvalue weighted by molar-refractivity contribution is 5.85. The van der Waals surface area contributed by atoms with Crippen LogP contribution in [0.15, 0.2) is 41.2 Å². The summed E-state index contributed by atoms with van der Waals surface area (Å²) in [7, 11) is 1.60. The van der Waals surface area contributed by atoms with E-state index >= 15 is 0 Å². The fourth-order valence-corrected chi connectivity index (χ4v) is 10.8. The van der Waals surface area contributed by atoms with E-state index in [1.807, 2.05) is 19.1 Å². The van der Waals surface area contributed by atoms with E-state index in [4.69, 9.17) is 23.9 Å². The van der Waals surface area contributed by atoms with Gasteiger partial charge < -0.3 is 34.3 Å². The minimum atomic E-state index is -1.06. The molecule has 0 aromatic carbocycles. The first-order valence-corrected chi connectivity index (χ1v) is 17.3. The summed E-state index contributed by atoms with van der Waals surface area (Å²) in [5.41, 5.74) is -0.871. The van der Waals surface area contributed by atoms with Crippen molar-refractivity contribution in [3.05, 3.63) is 41.7 Å². The molecule has 0 amide bonds. The van der Waals surface area contributed by atoms with Gasteiger partial charge in [0, 0.05) is 55.5 Å². The average Bonchev–Trinajstić information content (AvgIpc) is 3.58. The summed E-state index contributed by atoms with van der Waals surface area (Å²) in [6.45, 7) is 4.87. The van der Waals surface area contributed by atoms with Crippen LogP contribution in [0.25, 0.3) is 0 Å². The highest BCUT2D eigenvalue weighted by Crippen LogP contribution is 2.70. The predicted octanol–water partition coefficient (Wildman–Crippen LogP) is 3.90. The molecule has 1 saturated heterocycles. The Morgan fingerprint density at radius 1 is 1.09 bits per heavy atom. The molecule has 1 aromatic heterocycles. The van der Waals surface area contributed by atoms with Gasteiger partial charge in [0.1, 0.15) is 12.7 Å². The molecule has 46 heavy (non-hydrogen) atoms. The third-order valence-corrected chi connectivity index (χ3v) is 13.3. The standard InChI is InChI=1S/C36H50N2O8/c1-22-32(40)29(43-3)17-31(45-22)46-25-4-11-34(21-38-19-23-8-14-37-15-9-23)27-5-10-33(2)26(24-16-30(39)44-20-24)7-13-36(33,42)28(27)6-12-35(34,41)18-25/h8-9,14-16,21-22,25-29,31-32,40-42H,4-7,10-13,17-20H2,1-3H3/t22-,25-,26+,27+,28-,29+,31+,32-,33-,34+,35+,36+/m1/s1. The molecule has 10 nitrogen and oxygen atoms in total. The van der Waals surface area contributed by atoms with Gasteiger partial charge in [-0.1, -0.05) is 6.92 Å². The molecule has 1 aromatic rings. The maximum atomic E-state index is 12.8. The van der Waals surface area contributed by atoms with E-state index in [0.717, 1.165) is 43.2 Å². The van der Waals surface area contributed by atoms with Crippen molar-refractivity contribution in [2.24, 2.45) is 33.6 Å². The summed E-state index contributed by atoms with van der Waals surface area (Å²) in [6.07, 6.45) is 11.8. The number of aliphatic hydroxyl groups excluding tert-OH is 1. The van der Waals surface area contributed by atoms with Gasteiger partial charge >= 0.3 is 5.97 Å².